The van der Waals surface area contributed by atoms with Crippen LogP contribution in [0.1, 0.15) is 23.6 Å². The third-order valence-corrected chi connectivity index (χ3v) is 5.96. The number of hydrogen-bond donors (Lipinski definition) is 1. The third-order valence-electron chi connectivity index (χ3n) is 5.35. The van der Waals surface area contributed by atoms with Crippen LogP contribution in [0.2, 0.25) is 0 Å². The lowest BCUT2D eigenvalue weighted by molar-refractivity contribution is -0.128. The topological polar surface area (TPSA) is 75.7 Å². The van der Waals surface area contributed by atoms with Gasteiger partial charge in [-0.3, -0.25) is 9.52 Å². The summed E-state index contributed by atoms with van der Waals surface area (Å²) < 4.78 is 30.7. The summed E-state index contributed by atoms with van der Waals surface area (Å²) in [4.78, 5) is 15.1. The second-order valence-corrected chi connectivity index (χ2v) is 9.89. The molecule has 0 fully saturated rings. The van der Waals surface area contributed by atoms with Crippen molar-refractivity contribution in [2.45, 2.75) is 25.9 Å². The molecule has 0 aromatic heterocycles. The van der Waals surface area contributed by atoms with Crippen LogP contribution in [-0.2, 0) is 27.8 Å². The van der Waals surface area contributed by atoms with Crippen LogP contribution in [0.15, 0.2) is 84.9 Å². The van der Waals surface area contributed by atoms with E-state index in [-0.39, 0.29) is 11.9 Å². The highest BCUT2D eigenvalue weighted by Gasteiger charge is 2.20. The number of nitrogens with zero attached hydrogens (tertiary/aromatic N) is 1. The summed E-state index contributed by atoms with van der Waals surface area (Å²) in [5.41, 5.74) is 3.36. The van der Waals surface area contributed by atoms with Gasteiger partial charge in [-0.15, -0.1) is 0 Å². The van der Waals surface area contributed by atoms with Crippen LogP contribution in [0.3, 0.4) is 0 Å². The highest BCUT2D eigenvalue weighted by atomic mass is 32.2. The van der Waals surface area contributed by atoms with Crippen molar-refractivity contribution in [3.05, 3.63) is 102 Å². The maximum atomic E-state index is 13.3. The van der Waals surface area contributed by atoms with E-state index in [0.717, 1.165) is 28.7 Å². The van der Waals surface area contributed by atoms with Gasteiger partial charge in [-0.2, -0.15) is 0 Å². The van der Waals surface area contributed by atoms with E-state index in [1.54, 1.807) is 43.5 Å². The Morgan fingerprint density at radius 2 is 1.65 bits per heavy atom. The molecule has 0 unspecified atom stereocenters. The lowest BCUT2D eigenvalue weighted by Gasteiger charge is -2.29. The van der Waals surface area contributed by atoms with Gasteiger partial charge >= 0.3 is 0 Å². The lowest BCUT2D eigenvalue weighted by atomic mass is 10.0. The third kappa shape index (κ3) is 7.49. The molecule has 1 N–H and O–H groups in total. The van der Waals surface area contributed by atoms with Crippen molar-refractivity contribution < 1.29 is 17.9 Å². The number of para-hydroxylation sites is 1. The van der Waals surface area contributed by atoms with E-state index in [0.29, 0.717) is 18.7 Å². The smallest absolute Gasteiger partial charge is 0.247 e. The van der Waals surface area contributed by atoms with Crippen LogP contribution in [0, 0.1) is 0 Å². The van der Waals surface area contributed by atoms with Crippen LogP contribution in [-0.4, -0.2) is 38.6 Å². The zero-order valence-electron chi connectivity index (χ0n) is 19.6. The minimum atomic E-state index is -3.33. The summed E-state index contributed by atoms with van der Waals surface area (Å²) in [7, 11) is -1.69. The van der Waals surface area contributed by atoms with Gasteiger partial charge in [0.05, 0.1) is 13.4 Å². The molecule has 3 aromatic rings. The second kappa shape index (κ2) is 11.5. The number of carbonyl (C=O) groups excluding carboxylic acids is 1. The average Bonchev–Trinajstić information content (AvgIpc) is 2.82. The fourth-order valence-electron chi connectivity index (χ4n) is 3.67. The van der Waals surface area contributed by atoms with Crippen LogP contribution < -0.4 is 9.46 Å². The monoisotopic (exact) mass is 478 g/mol. The van der Waals surface area contributed by atoms with Gasteiger partial charge in [0.1, 0.15) is 5.75 Å². The predicted molar refractivity (Wildman–Crippen MR) is 137 cm³/mol. The van der Waals surface area contributed by atoms with Crippen LogP contribution in [0.25, 0.3) is 6.08 Å². The zero-order valence-corrected chi connectivity index (χ0v) is 20.5. The van der Waals surface area contributed by atoms with Crippen LogP contribution in [0.5, 0.6) is 5.75 Å². The highest BCUT2D eigenvalue weighted by molar-refractivity contribution is 7.92. The molecule has 6 nitrogen and oxygen atoms in total. The lowest BCUT2D eigenvalue weighted by Crippen LogP contribution is -2.38. The van der Waals surface area contributed by atoms with Gasteiger partial charge in [0.15, 0.2) is 0 Å². The molecule has 7 heteroatoms. The summed E-state index contributed by atoms with van der Waals surface area (Å²) in [6, 6.07) is 24.5. The van der Waals surface area contributed by atoms with E-state index >= 15 is 0 Å². The number of nitrogens with one attached hydrogen (secondary N) is 1. The molecule has 0 aliphatic rings. The molecule has 1 amide bonds. The quantitative estimate of drug-likeness (QED) is 0.427. The number of rotatable bonds is 10. The number of amides is 1. The molecule has 178 valence electrons. The zero-order chi connectivity index (χ0) is 24.6. The van der Waals surface area contributed by atoms with E-state index in [1.165, 1.54) is 0 Å². The maximum Gasteiger partial charge on any atom is 0.247 e. The Morgan fingerprint density at radius 3 is 2.29 bits per heavy atom. The van der Waals surface area contributed by atoms with Crippen LogP contribution in [0.4, 0.5) is 5.69 Å². The van der Waals surface area contributed by atoms with Crippen molar-refractivity contribution in [2.75, 3.05) is 18.1 Å². The van der Waals surface area contributed by atoms with E-state index < -0.39 is 10.0 Å². The maximum absolute atomic E-state index is 13.3. The van der Waals surface area contributed by atoms with Gasteiger partial charge in [0, 0.05) is 24.4 Å². The molecule has 0 bridgehead atoms. The molecular weight excluding hydrogens is 448 g/mol. The van der Waals surface area contributed by atoms with Crippen molar-refractivity contribution >= 4 is 27.7 Å². The van der Waals surface area contributed by atoms with E-state index in [1.807, 2.05) is 66.4 Å². The molecule has 34 heavy (non-hydrogen) atoms. The Labute approximate surface area is 201 Å². The molecule has 0 saturated carbocycles. The summed E-state index contributed by atoms with van der Waals surface area (Å²) >= 11 is 0. The first-order chi connectivity index (χ1) is 16.2. The summed E-state index contributed by atoms with van der Waals surface area (Å²) in [5, 5.41) is 0. The molecule has 0 saturated heterocycles. The van der Waals surface area contributed by atoms with Gasteiger partial charge in [-0.1, -0.05) is 60.7 Å². The van der Waals surface area contributed by atoms with Gasteiger partial charge in [-0.05, 0) is 54.3 Å². The number of carbonyl (C=O) groups is 1. The van der Waals surface area contributed by atoms with E-state index in [4.69, 9.17) is 4.74 Å². The molecule has 0 aliphatic heterocycles. The molecular formula is C27H30N2O4S. The van der Waals surface area contributed by atoms with Gasteiger partial charge in [-0.25, -0.2) is 8.42 Å². The Bertz CT molecular complexity index is 1220. The van der Waals surface area contributed by atoms with Crippen molar-refractivity contribution in [1.82, 2.24) is 4.90 Å². The fourth-order valence-corrected chi connectivity index (χ4v) is 4.23. The number of sulfonamides is 1. The Balaban J connectivity index is 1.78. The number of methoxy groups -OCH3 is 1. The first-order valence-electron chi connectivity index (χ1n) is 11.0. The van der Waals surface area contributed by atoms with E-state index in [9.17, 15) is 13.2 Å². The molecule has 1 atom stereocenters. The highest BCUT2D eigenvalue weighted by Crippen LogP contribution is 2.22. The minimum Gasteiger partial charge on any atom is -0.496 e. The standard InChI is InChI=1S/C27H30N2O4S/c1-21(19-24-11-7-8-12-26(24)33-2)29(20-23-9-5-4-6-10-23)27(30)18-15-22-13-16-25(17-14-22)28-34(3,31)32/h4-18,21,28H,19-20H2,1-3H3/b18-15+/t21-/m1/s1. The van der Waals surface area contributed by atoms with Crippen molar-refractivity contribution in [2.24, 2.45) is 0 Å². The van der Waals surface area contributed by atoms with Gasteiger partial charge in [0.2, 0.25) is 15.9 Å². The summed E-state index contributed by atoms with van der Waals surface area (Å²) in [6.07, 6.45) is 5.05. The SMILES string of the molecule is COc1ccccc1C[C@@H](C)N(Cc1ccccc1)C(=O)/C=C/c1ccc(NS(C)(=O)=O)cc1. The fraction of sp³-hybridized carbons (Fsp3) is 0.222. The summed E-state index contributed by atoms with van der Waals surface area (Å²) in [5.74, 6) is 0.699. The molecule has 0 aliphatic carbocycles. The Morgan fingerprint density at radius 1 is 1.00 bits per heavy atom. The normalized spacial score (nSPS) is 12.3. The predicted octanol–water partition coefficient (Wildman–Crippen LogP) is 4.74. The summed E-state index contributed by atoms with van der Waals surface area (Å²) in [6.45, 7) is 2.52. The average molecular weight is 479 g/mol. The Kier molecular flexibility index (Phi) is 8.49. The minimum absolute atomic E-state index is 0.0741. The first kappa shape index (κ1) is 25.1. The second-order valence-electron chi connectivity index (χ2n) is 8.15. The number of hydrogen-bond acceptors (Lipinski definition) is 4. The van der Waals surface area contributed by atoms with Gasteiger partial charge < -0.3 is 9.64 Å². The number of benzene rings is 3. The molecule has 3 aromatic carbocycles. The molecule has 0 radical (unpaired) electrons. The van der Waals surface area contributed by atoms with Crippen molar-refractivity contribution in [1.29, 1.82) is 0 Å². The molecule has 0 heterocycles. The Hall–Kier alpha value is -3.58. The first-order valence-corrected chi connectivity index (χ1v) is 12.9. The number of ether oxygens (including phenoxy) is 1. The van der Waals surface area contributed by atoms with Gasteiger partial charge in [0.25, 0.3) is 0 Å². The van der Waals surface area contributed by atoms with E-state index in [2.05, 4.69) is 4.72 Å². The largest absolute Gasteiger partial charge is 0.496 e. The van der Waals surface area contributed by atoms with Crippen molar-refractivity contribution in [3.8, 4) is 5.75 Å². The number of anilines is 1. The van der Waals surface area contributed by atoms with Crippen molar-refractivity contribution in [3.63, 3.8) is 0 Å². The van der Waals surface area contributed by atoms with Crippen LogP contribution >= 0.6 is 0 Å². The molecule has 3 rings (SSSR count). The molecule has 0 spiro atoms.